The van der Waals surface area contributed by atoms with E-state index in [-0.39, 0.29) is 11.7 Å². The molecule has 0 fully saturated rings. The molecule has 0 aromatic carbocycles. The maximum atomic E-state index is 5.24. The van der Waals surface area contributed by atoms with E-state index in [1.807, 2.05) is 6.08 Å². The van der Waals surface area contributed by atoms with Gasteiger partial charge in [-0.25, -0.2) is 0 Å². The van der Waals surface area contributed by atoms with Gasteiger partial charge >= 0.3 is 0 Å². The van der Waals surface area contributed by atoms with Gasteiger partial charge in [0.05, 0.1) is 6.26 Å². The molecule has 0 aromatic heterocycles. The second-order valence-corrected chi connectivity index (χ2v) is 3.27. The summed E-state index contributed by atoms with van der Waals surface area (Å²) in [5, 5.41) is 0. The van der Waals surface area contributed by atoms with E-state index in [1.165, 1.54) is 0 Å². The molecule has 0 radical (unpaired) electrons. The van der Waals surface area contributed by atoms with Gasteiger partial charge in [0.15, 0.2) is 0 Å². The highest BCUT2D eigenvalue weighted by Gasteiger charge is 2.31. The summed E-state index contributed by atoms with van der Waals surface area (Å²) in [6, 6.07) is 0. The van der Waals surface area contributed by atoms with Crippen LogP contribution in [0.3, 0.4) is 0 Å². The fraction of sp³-hybridized carbons (Fsp3) is 0.750. The SMILES string of the molecule is COC1OC=CCC1(C)C. The van der Waals surface area contributed by atoms with Crippen LogP contribution in [0, 0.1) is 5.41 Å². The van der Waals surface area contributed by atoms with E-state index in [4.69, 9.17) is 9.47 Å². The fourth-order valence-electron chi connectivity index (χ4n) is 1.13. The molecular formula is C8H14O2. The molecule has 0 bridgehead atoms. The molecule has 10 heavy (non-hydrogen) atoms. The van der Waals surface area contributed by atoms with Crippen molar-refractivity contribution in [3.05, 3.63) is 12.3 Å². The number of ether oxygens (including phenoxy) is 2. The summed E-state index contributed by atoms with van der Waals surface area (Å²) in [5.74, 6) is 0. The minimum Gasteiger partial charge on any atom is -0.472 e. The van der Waals surface area contributed by atoms with Crippen LogP contribution in [0.1, 0.15) is 20.3 Å². The summed E-state index contributed by atoms with van der Waals surface area (Å²) < 4.78 is 10.4. The fourth-order valence-corrected chi connectivity index (χ4v) is 1.13. The molecule has 58 valence electrons. The predicted molar refractivity (Wildman–Crippen MR) is 39.4 cm³/mol. The van der Waals surface area contributed by atoms with E-state index in [0.717, 1.165) is 6.42 Å². The molecule has 0 spiro atoms. The summed E-state index contributed by atoms with van der Waals surface area (Å²) in [7, 11) is 1.67. The van der Waals surface area contributed by atoms with Gasteiger partial charge in [-0.05, 0) is 12.5 Å². The van der Waals surface area contributed by atoms with Crippen LogP contribution < -0.4 is 0 Å². The monoisotopic (exact) mass is 142 g/mol. The van der Waals surface area contributed by atoms with Crippen LogP contribution in [0.2, 0.25) is 0 Å². The van der Waals surface area contributed by atoms with Crippen LogP contribution in [-0.2, 0) is 9.47 Å². The lowest BCUT2D eigenvalue weighted by atomic mass is 9.87. The minimum atomic E-state index is -0.0856. The molecule has 0 aromatic rings. The number of hydrogen-bond donors (Lipinski definition) is 0. The van der Waals surface area contributed by atoms with E-state index in [1.54, 1.807) is 13.4 Å². The van der Waals surface area contributed by atoms with Crippen molar-refractivity contribution in [1.82, 2.24) is 0 Å². The summed E-state index contributed by atoms with van der Waals surface area (Å²) in [6.07, 6.45) is 4.66. The standard InChI is InChI=1S/C8H14O2/c1-8(2)5-4-6-10-7(8)9-3/h4,6-7H,5H2,1-3H3. The Morgan fingerprint density at radius 2 is 2.30 bits per heavy atom. The van der Waals surface area contributed by atoms with Crippen LogP contribution in [0.25, 0.3) is 0 Å². The average molecular weight is 142 g/mol. The summed E-state index contributed by atoms with van der Waals surface area (Å²) >= 11 is 0. The second-order valence-electron chi connectivity index (χ2n) is 3.27. The van der Waals surface area contributed by atoms with Crippen molar-refractivity contribution in [3.63, 3.8) is 0 Å². The second kappa shape index (κ2) is 2.62. The van der Waals surface area contributed by atoms with Gasteiger partial charge < -0.3 is 9.47 Å². The third kappa shape index (κ3) is 1.32. The van der Waals surface area contributed by atoms with Crippen molar-refractivity contribution in [2.24, 2.45) is 5.41 Å². The Kier molecular flexibility index (Phi) is 2.00. The quantitative estimate of drug-likeness (QED) is 0.557. The Hall–Kier alpha value is -0.500. The topological polar surface area (TPSA) is 18.5 Å². The van der Waals surface area contributed by atoms with Gasteiger partial charge in [-0.3, -0.25) is 0 Å². The van der Waals surface area contributed by atoms with Gasteiger partial charge in [-0.2, -0.15) is 0 Å². The molecule has 2 nitrogen and oxygen atoms in total. The third-order valence-corrected chi connectivity index (χ3v) is 1.79. The van der Waals surface area contributed by atoms with Gasteiger partial charge in [0, 0.05) is 12.5 Å². The highest BCUT2D eigenvalue weighted by Crippen LogP contribution is 2.31. The number of allylic oxidation sites excluding steroid dienone is 1. The first-order valence-corrected chi connectivity index (χ1v) is 3.50. The Labute approximate surface area is 61.8 Å². The van der Waals surface area contributed by atoms with Gasteiger partial charge in [0.2, 0.25) is 6.29 Å². The van der Waals surface area contributed by atoms with Crippen molar-refractivity contribution < 1.29 is 9.47 Å². The zero-order valence-corrected chi connectivity index (χ0v) is 6.76. The van der Waals surface area contributed by atoms with Crippen LogP contribution >= 0.6 is 0 Å². The van der Waals surface area contributed by atoms with Crippen LogP contribution in [0.15, 0.2) is 12.3 Å². The average Bonchev–Trinajstić information content (AvgIpc) is 1.87. The third-order valence-electron chi connectivity index (χ3n) is 1.79. The van der Waals surface area contributed by atoms with Crippen LogP contribution in [0.5, 0.6) is 0 Å². The van der Waals surface area contributed by atoms with Crippen molar-refractivity contribution in [2.45, 2.75) is 26.6 Å². The normalized spacial score (nSPS) is 29.7. The predicted octanol–water partition coefficient (Wildman–Crippen LogP) is 1.92. The van der Waals surface area contributed by atoms with E-state index < -0.39 is 0 Å². The molecule has 0 aliphatic carbocycles. The highest BCUT2D eigenvalue weighted by molar-refractivity contribution is 4.90. The summed E-state index contributed by atoms with van der Waals surface area (Å²) in [5.41, 5.74) is 0.115. The summed E-state index contributed by atoms with van der Waals surface area (Å²) in [6.45, 7) is 4.26. The zero-order valence-electron chi connectivity index (χ0n) is 6.76. The maximum absolute atomic E-state index is 5.24. The molecule has 0 saturated carbocycles. The van der Waals surface area contributed by atoms with Gasteiger partial charge in [-0.15, -0.1) is 0 Å². The molecule has 1 unspecified atom stereocenters. The largest absolute Gasteiger partial charge is 0.472 e. The molecule has 1 rings (SSSR count). The molecule has 1 aliphatic heterocycles. The first kappa shape index (κ1) is 7.61. The lowest BCUT2D eigenvalue weighted by molar-refractivity contribution is -0.158. The van der Waals surface area contributed by atoms with E-state index in [0.29, 0.717) is 0 Å². The van der Waals surface area contributed by atoms with Crippen molar-refractivity contribution in [2.75, 3.05) is 7.11 Å². The molecule has 0 saturated heterocycles. The van der Waals surface area contributed by atoms with Crippen molar-refractivity contribution in [1.29, 1.82) is 0 Å². The first-order valence-electron chi connectivity index (χ1n) is 3.50. The van der Waals surface area contributed by atoms with E-state index in [2.05, 4.69) is 13.8 Å². The number of hydrogen-bond acceptors (Lipinski definition) is 2. The lowest BCUT2D eigenvalue weighted by Gasteiger charge is -2.33. The Morgan fingerprint density at radius 1 is 1.60 bits per heavy atom. The smallest absolute Gasteiger partial charge is 0.204 e. The molecule has 0 N–H and O–H groups in total. The summed E-state index contributed by atoms with van der Waals surface area (Å²) in [4.78, 5) is 0. The molecule has 1 aliphatic rings. The molecule has 1 atom stereocenters. The molecule has 1 heterocycles. The zero-order chi connectivity index (χ0) is 7.61. The molecule has 2 heteroatoms. The van der Waals surface area contributed by atoms with Crippen LogP contribution in [-0.4, -0.2) is 13.4 Å². The Balaban J connectivity index is 2.63. The van der Waals surface area contributed by atoms with E-state index in [9.17, 15) is 0 Å². The Bertz CT molecular complexity index is 138. The van der Waals surface area contributed by atoms with E-state index >= 15 is 0 Å². The minimum absolute atomic E-state index is 0.0856. The van der Waals surface area contributed by atoms with Crippen LogP contribution in [0.4, 0.5) is 0 Å². The first-order chi connectivity index (χ1) is 4.67. The van der Waals surface area contributed by atoms with Crippen molar-refractivity contribution in [3.8, 4) is 0 Å². The van der Waals surface area contributed by atoms with Gasteiger partial charge in [-0.1, -0.05) is 13.8 Å². The number of rotatable bonds is 1. The van der Waals surface area contributed by atoms with Gasteiger partial charge in [0.25, 0.3) is 0 Å². The number of methoxy groups -OCH3 is 1. The highest BCUT2D eigenvalue weighted by atomic mass is 16.7. The molecular weight excluding hydrogens is 128 g/mol. The van der Waals surface area contributed by atoms with Gasteiger partial charge in [0.1, 0.15) is 0 Å². The Morgan fingerprint density at radius 3 is 2.70 bits per heavy atom. The van der Waals surface area contributed by atoms with Crippen molar-refractivity contribution >= 4 is 0 Å². The maximum Gasteiger partial charge on any atom is 0.204 e. The lowest BCUT2D eigenvalue weighted by Crippen LogP contribution is -2.34. The molecule has 0 amide bonds.